The van der Waals surface area contributed by atoms with Crippen LogP contribution in [0.2, 0.25) is 0 Å². The van der Waals surface area contributed by atoms with Gasteiger partial charge >= 0.3 is 0 Å². The van der Waals surface area contributed by atoms with Crippen LogP contribution in [0.5, 0.6) is 0 Å². The third-order valence-corrected chi connectivity index (χ3v) is 4.10. The van der Waals surface area contributed by atoms with Gasteiger partial charge in [0.05, 0.1) is 12.2 Å². The molecule has 1 aromatic heterocycles. The molecule has 0 unspecified atom stereocenters. The molecule has 5 nitrogen and oxygen atoms in total. The Hall–Kier alpha value is -2.18. The second-order valence-corrected chi connectivity index (χ2v) is 6.05. The maximum atomic E-state index is 13.7. The Labute approximate surface area is 139 Å². The Kier molecular flexibility index (Phi) is 4.97. The van der Waals surface area contributed by atoms with Gasteiger partial charge in [0.2, 0.25) is 5.91 Å². The molecule has 1 aliphatic rings. The molecule has 0 bridgehead atoms. The van der Waals surface area contributed by atoms with E-state index in [2.05, 4.69) is 5.32 Å². The lowest BCUT2D eigenvalue weighted by molar-refractivity contribution is -0.122. The van der Waals surface area contributed by atoms with Crippen molar-refractivity contribution in [3.63, 3.8) is 0 Å². The van der Waals surface area contributed by atoms with Gasteiger partial charge in [-0.25, -0.2) is 4.39 Å². The first-order valence-electron chi connectivity index (χ1n) is 7.96. The number of halogens is 1. The number of furan rings is 1. The number of carbonyl (C=O) groups is 1. The second kappa shape index (κ2) is 7.15. The number of rotatable bonds is 6. The van der Waals surface area contributed by atoms with Crippen LogP contribution in [0.1, 0.15) is 18.6 Å². The third kappa shape index (κ3) is 4.01. The average Bonchev–Trinajstić information content (AvgIpc) is 3.21. The smallest absolute Gasteiger partial charge is 0.220 e. The highest BCUT2D eigenvalue weighted by Gasteiger charge is 2.32. The van der Waals surface area contributed by atoms with Crippen molar-refractivity contribution in [3.05, 3.63) is 48.0 Å². The Morgan fingerprint density at radius 2 is 2.12 bits per heavy atom. The maximum absolute atomic E-state index is 13.7. The monoisotopic (exact) mass is 333 g/mol. The topological polar surface area (TPSA) is 71.7 Å². The predicted octanol–water partition coefficient (Wildman–Crippen LogP) is 2.29. The van der Waals surface area contributed by atoms with Crippen molar-refractivity contribution >= 4 is 5.91 Å². The molecule has 1 amide bonds. The van der Waals surface area contributed by atoms with Crippen molar-refractivity contribution in [3.8, 4) is 11.3 Å². The quantitative estimate of drug-likeness (QED) is 0.851. The summed E-state index contributed by atoms with van der Waals surface area (Å²) in [5, 5.41) is 12.8. The van der Waals surface area contributed by atoms with Gasteiger partial charge in [0.15, 0.2) is 0 Å². The summed E-state index contributed by atoms with van der Waals surface area (Å²) in [5.41, 5.74) is -0.560. The van der Waals surface area contributed by atoms with Crippen LogP contribution in [0.4, 0.5) is 4.39 Å². The molecule has 24 heavy (non-hydrogen) atoms. The van der Waals surface area contributed by atoms with E-state index in [9.17, 15) is 14.3 Å². The minimum absolute atomic E-state index is 0.167. The number of ether oxygens (including phenoxy) is 1. The van der Waals surface area contributed by atoms with Crippen LogP contribution < -0.4 is 5.32 Å². The van der Waals surface area contributed by atoms with E-state index in [4.69, 9.17) is 9.15 Å². The average molecular weight is 333 g/mol. The first-order chi connectivity index (χ1) is 11.6. The van der Waals surface area contributed by atoms with E-state index in [1.807, 2.05) is 0 Å². The molecule has 0 spiro atoms. The van der Waals surface area contributed by atoms with Gasteiger partial charge in [0, 0.05) is 32.4 Å². The number of aliphatic hydroxyl groups is 1. The molecule has 0 aliphatic carbocycles. The number of amides is 1. The van der Waals surface area contributed by atoms with Gasteiger partial charge in [0.25, 0.3) is 0 Å². The third-order valence-electron chi connectivity index (χ3n) is 4.10. The minimum Gasteiger partial charge on any atom is -0.461 e. The highest BCUT2D eigenvalue weighted by atomic mass is 19.1. The van der Waals surface area contributed by atoms with Crippen molar-refractivity contribution in [2.75, 3.05) is 19.8 Å². The molecule has 1 fully saturated rings. The Morgan fingerprint density at radius 3 is 2.88 bits per heavy atom. The van der Waals surface area contributed by atoms with Gasteiger partial charge in [-0.15, -0.1) is 0 Å². The predicted molar refractivity (Wildman–Crippen MR) is 85.8 cm³/mol. The zero-order chi connectivity index (χ0) is 17.0. The molecule has 1 atom stereocenters. The van der Waals surface area contributed by atoms with Crippen molar-refractivity contribution in [2.45, 2.75) is 24.9 Å². The first-order valence-corrected chi connectivity index (χ1v) is 7.96. The fourth-order valence-electron chi connectivity index (χ4n) is 2.64. The van der Waals surface area contributed by atoms with E-state index in [0.29, 0.717) is 36.5 Å². The van der Waals surface area contributed by atoms with Crippen LogP contribution in [0.3, 0.4) is 0 Å². The van der Waals surface area contributed by atoms with Crippen molar-refractivity contribution < 1.29 is 23.4 Å². The van der Waals surface area contributed by atoms with Crippen LogP contribution in [0, 0.1) is 5.82 Å². The van der Waals surface area contributed by atoms with Crippen LogP contribution in [0.25, 0.3) is 11.3 Å². The number of aryl methyl sites for hydroxylation is 1. The molecular formula is C18H20FNO4. The molecule has 2 aromatic rings. The molecule has 2 N–H and O–H groups in total. The number of hydrogen-bond acceptors (Lipinski definition) is 4. The normalized spacial score (nSPS) is 20.2. The van der Waals surface area contributed by atoms with Crippen molar-refractivity contribution in [1.82, 2.24) is 5.32 Å². The Morgan fingerprint density at radius 1 is 1.29 bits per heavy atom. The fraction of sp³-hybridized carbons (Fsp3) is 0.389. The lowest BCUT2D eigenvalue weighted by Crippen LogP contribution is -2.43. The molecular weight excluding hydrogens is 313 g/mol. The molecule has 2 heterocycles. The van der Waals surface area contributed by atoms with E-state index < -0.39 is 5.60 Å². The van der Waals surface area contributed by atoms with E-state index in [-0.39, 0.29) is 31.3 Å². The van der Waals surface area contributed by atoms with Crippen LogP contribution >= 0.6 is 0 Å². The summed E-state index contributed by atoms with van der Waals surface area (Å²) < 4.78 is 24.5. The summed E-state index contributed by atoms with van der Waals surface area (Å²) in [6, 6.07) is 9.83. The molecule has 128 valence electrons. The lowest BCUT2D eigenvalue weighted by atomic mass is 10.0. The Balaban J connectivity index is 1.50. The van der Waals surface area contributed by atoms with E-state index >= 15 is 0 Å². The summed E-state index contributed by atoms with van der Waals surface area (Å²) >= 11 is 0. The van der Waals surface area contributed by atoms with Gasteiger partial charge < -0.3 is 19.6 Å². The van der Waals surface area contributed by atoms with Crippen molar-refractivity contribution in [2.24, 2.45) is 0 Å². The van der Waals surface area contributed by atoms with Crippen LogP contribution in [-0.2, 0) is 16.0 Å². The van der Waals surface area contributed by atoms with Gasteiger partial charge in [-0.3, -0.25) is 4.79 Å². The van der Waals surface area contributed by atoms with Crippen LogP contribution in [0.15, 0.2) is 40.8 Å². The summed E-state index contributed by atoms with van der Waals surface area (Å²) in [7, 11) is 0. The number of hydrogen-bond donors (Lipinski definition) is 2. The largest absolute Gasteiger partial charge is 0.461 e. The van der Waals surface area contributed by atoms with Gasteiger partial charge in [-0.05, 0) is 24.3 Å². The SMILES string of the molecule is O=C(CCc1ccc(-c2ccccc2F)o1)NC[C@@]1(O)CCOC1. The molecule has 6 heteroatoms. The molecule has 1 saturated heterocycles. The molecule has 3 rings (SSSR count). The zero-order valence-corrected chi connectivity index (χ0v) is 13.3. The van der Waals surface area contributed by atoms with Crippen LogP contribution in [-0.4, -0.2) is 36.4 Å². The molecule has 0 radical (unpaired) electrons. The summed E-state index contributed by atoms with van der Waals surface area (Å²) in [6.45, 7) is 0.944. The standard InChI is InChI=1S/C18H20FNO4/c19-15-4-2-1-3-14(15)16-7-5-13(24-16)6-8-17(21)20-11-18(22)9-10-23-12-18/h1-5,7,22H,6,8-12H2,(H,20,21)/t18-/m0/s1. The summed E-state index contributed by atoms with van der Waals surface area (Å²) in [4.78, 5) is 11.9. The highest BCUT2D eigenvalue weighted by molar-refractivity contribution is 5.76. The fourth-order valence-corrected chi connectivity index (χ4v) is 2.64. The first kappa shape index (κ1) is 16.7. The molecule has 1 aromatic carbocycles. The maximum Gasteiger partial charge on any atom is 0.220 e. The van der Waals surface area contributed by atoms with E-state index in [1.165, 1.54) is 6.07 Å². The van der Waals surface area contributed by atoms with Gasteiger partial charge in [-0.2, -0.15) is 0 Å². The highest BCUT2D eigenvalue weighted by Crippen LogP contribution is 2.25. The number of benzene rings is 1. The van der Waals surface area contributed by atoms with E-state index in [0.717, 1.165) is 0 Å². The number of carbonyl (C=O) groups excluding carboxylic acids is 1. The Bertz CT molecular complexity index is 707. The van der Waals surface area contributed by atoms with Gasteiger partial charge in [-0.1, -0.05) is 12.1 Å². The lowest BCUT2D eigenvalue weighted by Gasteiger charge is -2.20. The summed E-state index contributed by atoms with van der Waals surface area (Å²) in [5.74, 6) is 0.551. The zero-order valence-electron chi connectivity index (χ0n) is 13.3. The second-order valence-electron chi connectivity index (χ2n) is 6.05. The van der Waals surface area contributed by atoms with E-state index in [1.54, 1.807) is 30.3 Å². The molecule has 1 aliphatic heterocycles. The minimum atomic E-state index is -0.960. The van der Waals surface area contributed by atoms with Gasteiger partial charge in [0.1, 0.15) is 22.9 Å². The summed E-state index contributed by atoms with van der Waals surface area (Å²) in [6.07, 6.45) is 1.17. The van der Waals surface area contributed by atoms with Crippen molar-refractivity contribution in [1.29, 1.82) is 0 Å². The number of nitrogens with one attached hydrogen (secondary N) is 1. The molecule has 0 saturated carbocycles.